The summed E-state index contributed by atoms with van der Waals surface area (Å²) in [6.45, 7) is 2.30. The van der Waals surface area contributed by atoms with Crippen molar-refractivity contribution in [3.05, 3.63) is 130 Å². The Balaban J connectivity index is 1.32. The number of halogens is 1. The first-order valence-corrected chi connectivity index (χ1v) is 11.0. The lowest BCUT2D eigenvalue weighted by Crippen LogP contribution is -1.99. The summed E-state index contributed by atoms with van der Waals surface area (Å²) in [6, 6.07) is 36.8. The van der Waals surface area contributed by atoms with Crippen molar-refractivity contribution < 1.29 is 0 Å². The molecule has 0 aliphatic carbocycles. The second-order valence-corrected chi connectivity index (χ2v) is 8.47. The molecule has 150 valence electrons. The van der Waals surface area contributed by atoms with Gasteiger partial charge in [0.1, 0.15) is 0 Å². The lowest BCUT2D eigenvalue weighted by atomic mass is 9.93. The zero-order valence-electron chi connectivity index (χ0n) is 17.4. The lowest BCUT2D eigenvalue weighted by Gasteiger charge is -2.12. The van der Waals surface area contributed by atoms with Crippen LogP contribution in [0.5, 0.6) is 0 Å². The van der Waals surface area contributed by atoms with Gasteiger partial charge in [0.25, 0.3) is 0 Å². The molecule has 4 rings (SSSR count). The number of benzene rings is 4. The fraction of sp³-hybridized carbons (Fsp3) is 0.172. The van der Waals surface area contributed by atoms with E-state index in [0.29, 0.717) is 5.92 Å². The van der Waals surface area contributed by atoms with E-state index >= 15 is 0 Å². The molecule has 0 aliphatic heterocycles. The summed E-state index contributed by atoms with van der Waals surface area (Å²) in [5.41, 5.74) is 8.01. The molecule has 0 bridgehead atoms. The van der Waals surface area contributed by atoms with Gasteiger partial charge in [-0.05, 0) is 70.7 Å². The Morgan fingerprint density at radius 2 is 1.03 bits per heavy atom. The van der Waals surface area contributed by atoms with E-state index in [9.17, 15) is 0 Å². The summed E-state index contributed by atoms with van der Waals surface area (Å²) in [4.78, 5) is 0. The molecule has 0 unspecified atom stereocenters. The third-order valence-corrected chi connectivity index (χ3v) is 6.02. The predicted molar refractivity (Wildman–Crippen MR) is 129 cm³/mol. The maximum absolute atomic E-state index is 5.99. The van der Waals surface area contributed by atoms with Crippen molar-refractivity contribution in [1.29, 1.82) is 0 Å². The topological polar surface area (TPSA) is 0 Å². The molecule has 0 aliphatic rings. The molecule has 0 nitrogen and oxygen atoms in total. The Hall–Kier alpha value is -2.83. The normalized spacial score (nSPS) is 11.9. The first-order chi connectivity index (χ1) is 14.7. The van der Waals surface area contributed by atoms with Crippen LogP contribution in [-0.2, 0) is 19.3 Å². The third-order valence-electron chi connectivity index (χ3n) is 5.77. The monoisotopic (exact) mass is 410 g/mol. The van der Waals surface area contributed by atoms with Gasteiger partial charge >= 0.3 is 0 Å². The lowest BCUT2D eigenvalue weighted by molar-refractivity contribution is 0.758. The van der Waals surface area contributed by atoms with Crippen LogP contribution in [0.3, 0.4) is 0 Å². The van der Waals surface area contributed by atoms with Crippen molar-refractivity contribution in [2.24, 2.45) is 0 Å². The molecule has 1 heteroatoms. The Labute approximate surface area is 185 Å². The van der Waals surface area contributed by atoms with Crippen LogP contribution in [0.4, 0.5) is 0 Å². The van der Waals surface area contributed by atoms with E-state index in [-0.39, 0.29) is 0 Å². The van der Waals surface area contributed by atoms with Crippen LogP contribution in [0.25, 0.3) is 11.1 Å². The van der Waals surface area contributed by atoms with Crippen LogP contribution >= 0.6 is 11.6 Å². The average Bonchev–Trinajstić information content (AvgIpc) is 2.80. The second kappa shape index (κ2) is 9.78. The minimum atomic E-state index is 0.538. The highest BCUT2D eigenvalue weighted by atomic mass is 35.5. The molecule has 0 aromatic heterocycles. The molecule has 0 saturated heterocycles. The van der Waals surface area contributed by atoms with Crippen LogP contribution < -0.4 is 0 Å². The minimum Gasteiger partial charge on any atom is -0.0843 e. The van der Waals surface area contributed by atoms with Crippen molar-refractivity contribution in [2.45, 2.75) is 32.1 Å². The van der Waals surface area contributed by atoms with Crippen molar-refractivity contribution in [2.75, 3.05) is 0 Å². The number of hydrogen-bond donors (Lipinski definition) is 0. The van der Waals surface area contributed by atoms with E-state index in [2.05, 4.69) is 97.9 Å². The molecule has 1 atom stereocenters. The highest BCUT2D eigenvalue weighted by Gasteiger charge is 2.06. The Morgan fingerprint density at radius 3 is 1.60 bits per heavy atom. The van der Waals surface area contributed by atoms with E-state index in [1.807, 2.05) is 12.1 Å². The summed E-state index contributed by atoms with van der Waals surface area (Å²) in [7, 11) is 0. The third kappa shape index (κ3) is 5.40. The van der Waals surface area contributed by atoms with Gasteiger partial charge in [-0.15, -0.1) is 0 Å². The molecule has 0 N–H and O–H groups in total. The Morgan fingerprint density at radius 1 is 0.567 bits per heavy atom. The standard InChI is InChI=1S/C29H27Cl/c1-22(26-5-3-2-4-6-26)21-25-11-9-23(10-12-25)7-8-24-13-15-27(16-14-24)28-17-19-29(30)20-18-28/h2-6,9-20,22H,7-8,21H2,1H3/t22-/m0/s1. The van der Waals surface area contributed by atoms with Gasteiger partial charge in [-0.2, -0.15) is 0 Å². The maximum Gasteiger partial charge on any atom is 0.0406 e. The fourth-order valence-corrected chi connectivity index (χ4v) is 4.02. The van der Waals surface area contributed by atoms with Gasteiger partial charge in [0, 0.05) is 5.02 Å². The molecule has 0 radical (unpaired) electrons. The number of hydrogen-bond acceptors (Lipinski definition) is 0. The fourth-order valence-electron chi connectivity index (χ4n) is 3.89. The smallest absolute Gasteiger partial charge is 0.0406 e. The van der Waals surface area contributed by atoms with Gasteiger partial charge in [0.15, 0.2) is 0 Å². The summed E-state index contributed by atoms with van der Waals surface area (Å²) in [5.74, 6) is 0.538. The van der Waals surface area contributed by atoms with Crippen LogP contribution in [0.2, 0.25) is 5.02 Å². The highest BCUT2D eigenvalue weighted by molar-refractivity contribution is 6.30. The van der Waals surface area contributed by atoms with Crippen molar-refractivity contribution in [1.82, 2.24) is 0 Å². The summed E-state index contributed by atoms with van der Waals surface area (Å²) in [6.07, 6.45) is 3.20. The highest BCUT2D eigenvalue weighted by Crippen LogP contribution is 2.23. The predicted octanol–water partition coefficient (Wildman–Crippen LogP) is 8.14. The van der Waals surface area contributed by atoms with Gasteiger partial charge in [-0.25, -0.2) is 0 Å². The molecule has 0 heterocycles. The molecular formula is C29H27Cl. The molecular weight excluding hydrogens is 384 g/mol. The quantitative estimate of drug-likeness (QED) is 0.288. The summed E-state index contributed by atoms with van der Waals surface area (Å²) in [5, 5.41) is 0.774. The summed E-state index contributed by atoms with van der Waals surface area (Å²) < 4.78 is 0. The van der Waals surface area contributed by atoms with Gasteiger partial charge in [0.05, 0.1) is 0 Å². The van der Waals surface area contributed by atoms with Crippen LogP contribution in [0.15, 0.2) is 103 Å². The van der Waals surface area contributed by atoms with Gasteiger partial charge < -0.3 is 0 Å². The zero-order chi connectivity index (χ0) is 20.8. The number of rotatable bonds is 7. The summed E-state index contributed by atoms with van der Waals surface area (Å²) >= 11 is 5.99. The molecule has 4 aromatic carbocycles. The largest absolute Gasteiger partial charge is 0.0843 e. The minimum absolute atomic E-state index is 0.538. The van der Waals surface area contributed by atoms with Gasteiger partial charge in [-0.1, -0.05) is 110 Å². The molecule has 0 spiro atoms. The van der Waals surface area contributed by atoms with Crippen LogP contribution in [-0.4, -0.2) is 0 Å². The molecule has 4 aromatic rings. The van der Waals surface area contributed by atoms with E-state index in [1.165, 1.54) is 33.4 Å². The van der Waals surface area contributed by atoms with E-state index in [0.717, 1.165) is 24.3 Å². The first-order valence-electron chi connectivity index (χ1n) is 10.6. The average molecular weight is 411 g/mol. The Bertz CT molecular complexity index is 1050. The van der Waals surface area contributed by atoms with E-state index in [4.69, 9.17) is 11.6 Å². The van der Waals surface area contributed by atoms with Gasteiger partial charge in [-0.3, -0.25) is 0 Å². The number of aryl methyl sites for hydroxylation is 2. The molecule has 0 fully saturated rings. The van der Waals surface area contributed by atoms with Crippen molar-refractivity contribution in [3.8, 4) is 11.1 Å². The SMILES string of the molecule is C[C@@H](Cc1ccc(CCc2ccc(-c3ccc(Cl)cc3)cc2)cc1)c1ccccc1. The Kier molecular flexibility index (Phi) is 6.67. The molecule has 0 amide bonds. The van der Waals surface area contributed by atoms with Gasteiger partial charge in [0.2, 0.25) is 0 Å². The van der Waals surface area contributed by atoms with E-state index in [1.54, 1.807) is 0 Å². The first kappa shape index (κ1) is 20.4. The van der Waals surface area contributed by atoms with Crippen LogP contribution in [0, 0.1) is 0 Å². The second-order valence-electron chi connectivity index (χ2n) is 8.04. The molecule has 30 heavy (non-hydrogen) atoms. The molecule has 0 saturated carbocycles. The van der Waals surface area contributed by atoms with E-state index < -0.39 is 0 Å². The van der Waals surface area contributed by atoms with Crippen molar-refractivity contribution >= 4 is 11.6 Å². The van der Waals surface area contributed by atoms with Crippen molar-refractivity contribution in [3.63, 3.8) is 0 Å². The zero-order valence-corrected chi connectivity index (χ0v) is 18.1. The van der Waals surface area contributed by atoms with Crippen LogP contribution in [0.1, 0.15) is 35.1 Å². The maximum atomic E-state index is 5.99.